The molecule has 120 valence electrons. The summed E-state index contributed by atoms with van der Waals surface area (Å²) in [4.78, 5) is 14.9. The SMILES string of the molecule is Cc1ccc(C2OCCCC2C(=O)N(C)C2CCNC2)cc1. The quantitative estimate of drug-likeness (QED) is 0.931. The highest BCUT2D eigenvalue weighted by atomic mass is 16.5. The zero-order valence-electron chi connectivity index (χ0n) is 13.5. The average Bonchev–Trinajstić information content (AvgIpc) is 3.09. The van der Waals surface area contributed by atoms with Crippen molar-refractivity contribution in [1.82, 2.24) is 10.2 Å². The summed E-state index contributed by atoms with van der Waals surface area (Å²) in [7, 11) is 1.95. The molecule has 0 bridgehead atoms. The van der Waals surface area contributed by atoms with Crippen LogP contribution < -0.4 is 5.32 Å². The van der Waals surface area contributed by atoms with Crippen LogP contribution in [-0.2, 0) is 9.53 Å². The highest BCUT2D eigenvalue weighted by Gasteiger charge is 2.36. The number of nitrogens with one attached hydrogen (secondary N) is 1. The van der Waals surface area contributed by atoms with Crippen LogP contribution in [0.1, 0.15) is 36.5 Å². The second-order valence-electron chi connectivity index (χ2n) is 6.55. The van der Waals surface area contributed by atoms with Crippen LogP contribution in [0.2, 0.25) is 0 Å². The maximum atomic E-state index is 13.0. The highest BCUT2D eigenvalue weighted by molar-refractivity contribution is 5.80. The van der Waals surface area contributed by atoms with E-state index >= 15 is 0 Å². The zero-order valence-corrected chi connectivity index (χ0v) is 13.5. The standard InChI is InChI=1S/C18H26N2O2/c1-13-5-7-14(8-6-13)17-16(4-3-11-22-17)18(21)20(2)15-9-10-19-12-15/h5-8,15-17,19H,3-4,9-12H2,1-2H3. The minimum absolute atomic E-state index is 0.0537. The molecule has 4 heteroatoms. The summed E-state index contributed by atoms with van der Waals surface area (Å²) in [6.45, 7) is 4.74. The number of carbonyl (C=O) groups is 1. The second kappa shape index (κ2) is 6.80. The van der Waals surface area contributed by atoms with Crippen LogP contribution in [0.25, 0.3) is 0 Å². The van der Waals surface area contributed by atoms with Crippen molar-refractivity contribution in [3.8, 4) is 0 Å². The van der Waals surface area contributed by atoms with Crippen LogP contribution in [0.4, 0.5) is 0 Å². The molecule has 0 aliphatic carbocycles. The lowest BCUT2D eigenvalue weighted by Crippen LogP contribution is -2.44. The third kappa shape index (κ3) is 3.18. The molecule has 0 radical (unpaired) electrons. The largest absolute Gasteiger partial charge is 0.373 e. The van der Waals surface area contributed by atoms with E-state index in [1.165, 1.54) is 5.56 Å². The fourth-order valence-corrected chi connectivity index (χ4v) is 3.53. The molecule has 1 aromatic rings. The Morgan fingerprint density at radius 1 is 1.27 bits per heavy atom. The van der Waals surface area contributed by atoms with E-state index in [1.807, 2.05) is 11.9 Å². The van der Waals surface area contributed by atoms with Crippen molar-refractivity contribution in [3.05, 3.63) is 35.4 Å². The molecular weight excluding hydrogens is 276 g/mol. The first-order valence-corrected chi connectivity index (χ1v) is 8.32. The summed E-state index contributed by atoms with van der Waals surface area (Å²) in [5, 5.41) is 3.34. The van der Waals surface area contributed by atoms with Gasteiger partial charge in [0.05, 0.1) is 12.0 Å². The maximum absolute atomic E-state index is 13.0. The molecule has 1 N–H and O–H groups in total. The van der Waals surface area contributed by atoms with E-state index in [0.29, 0.717) is 6.04 Å². The van der Waals surface area contributed by atoms with Crippen molar-refractivity contribution in [1.29, 1.82) is 0 Å². The average molecular weight is 302 g/mol. The van der Waals surface area contributed by atoms with Gasteiger partial charge in [-0.3, -0.25) is 4.79 Å². The summed E-state index contributed by atoms with van der Waals surface area (Å²) < 4.78 is 5.99. The van der Waals surface area contributed by atoms with E-state index in [-0.39, 0.29) is 17.9 Å². The Bertz CT molecular complexity index is 508. The van der Waals surface area contributed by atoms with Crippen LogP contribution in [0.3, 0.4) is 0 Å². The fraction of sp³-hybridized carbons (Fsp3) is 0.611. The first-order chi connectivity index (χ1) is 10.7. The van der Waals surface area contributed by atoms with E-state index in [2.05, 4.69) is 36.5 Å². The van der Waals surface area contributed by atoms with Crippen LogP contribution >= 0.6 is 0 Å². The molecule has 2 saturated heterocycles. The van der Waals surface area contributed by atoms with Gasteiger partial charge in [-0.05, 0) is 38.3 Å². The van der Waals surface area contributed by atoms with Gasteiger partial charge >= 0.3 is 0 Å². The molecule has 1 amide bonds. The minimum Gasteiger partial charge on any atom is -0.373 e. The summed E-state index contributed by atoms with van der Waals surface area (Å²) in [5.74, 6) is 0.182. The molecule has 0 spiro atoms. The highest BCUT2D eigenvalue weighted by Crippen LogP contribution is 2.35. The summed E-state index contributed by atoms with van der Waals surface area (Å²) in [6.07, 6.45) is 2.83. The van der Waals surface area contributed by atoms with E-state index in [0.717, 1.165) is 44.5 Å². The first kappa shape index (κ1) is 15.5. The van der Waals surface area contributed by atoms with Gasteiger partial charge in [-0.1, -0.05) is 29.8 Å². The predicted molar refractivity (Wildman–Crippen MR) is 86.6 cm³/mol. The van der Waals surface area contributed by atoms with Crippen molar-refractivity contribution in [2.24, 2.45) is 5.92 Å². The Labute approximate surface area is 132 Å². The molecule has 1 aromatic carbocycles. The molecule has 22 heavy (non-hydrogen) atoms. The first-order valence-electron chi connectivity index (χ1n) is 8.32. The van der Waals surface area contributed by atoms with Gasteiger partial charge in [0, 0.05) is 26.2 Å². The molecule has 2 fully saturated rings. The number of likely N-dealkylation sites (N-methyl/N-ethyl adjacent to an activating group) is 1. The number of hydrogen-bond acceptors (Lipinski definition) is 3. The third-order valence-electron chi connectivity index (χ3n) is 4.98. The number of rotatable bonds is 3. The molecule has 2 aliphatic heterocycles. The molecule has 3 rings (SSSR count). The predicted octanol–water partition coefficient (Wildman–Crippen LogP) is 2.28. The topological polar surface area (TPSA) is 41.6 Å². The lowest BCUT2D eigenvalue weighted by Gasteiger charge is -2.35. The van der Waals surface area contributed by atoms with Gasteiger partial charge in [0.1, 0.15) is 0 Å². The van der Waals surface area contributed by atoms with Gasteiger partial charge < -0.3 is 15.0 Å². The smallest absolute Gasteiger partial charge is 0.228 e. The number of amides is 1. The van der Waals surface area contributed by atoms with Crippen molar-refractivity contribution >= 4 is 5.91 Å². The van der Waals surface area contributed by atoms with E-state index in [1.54, 1.807) is 0 Å². The van der Waals surface area contributed by atoms with E-state index < -0.39 is 0 Å². The molecule has 3 unspecified atom stereocenters. The summed E-state index contributed by atoms with van der Waals surface area (Å²) in [5.41, 5.74) is 2.36. The summed E-state index contributed by atoms with van der Waals surface area (Å²) >= 11 is 0. The molecule has 4 nitrogen and oxygen atoms in total. The number of carbonyl (C=O) groups excluding carboxylic acids is 1. The number of aryl methyl sites for hydroxylation is 1. The Hall–Kier alpha value is -1.39. The van der Waals surface area contributed by atoms with Gasteiger partial charge in [0.25, 0.3) is 0 Å². The molecule has 2 aliphatic rings. The Balaban J connectivity index is 1.76. The second-order valence-corrected chi connectivity index (χ2v) is 6.55. The monoisotopic (exact) mass is 302 g/mol. The normalized spacial score (nSPS) is 28.5. The van der Waals surface area contributed by atoms with Crippen molar-refractivity contribution in [2.45, 2.75) is 38.3 Å². The molecular formula is C18H26N2O2. The van der Waals surface area contributed by atoms with Crippen molar-refractivity contribution in [2.75, 3.05) is 26.7 Å². The van der Waals surface area contributed by atoms with Gasteiger partial charge in [0.2, 0.25) is 5.91 Å². The van der Waals surface area contributed by atoms with E-state index in [4.69, 9.17) is 4.74 Å². The maximum Gasteiger partial charge on any atom is 0.228 e. The fourth-order valence-electron chi connectivity index (χ4n) is 3.53. The number of benzene rings is 1. The van der Waals surface area contributed by atoms with Crippen molar-refractivity contribution in [3.63, 3.8) is 0 Å². The van der Waals surface area contributed by atoms with Gasteiger partial charge in [0.15, 0.2) is 0 Å². The van der Waals surface area contributed by atoms with Crippen LogP contribution in [-0.4, -0.2) is 43.6 Å². The van der Waals surface area contributed by atoms with Crippen LogP contribution in [0.5, 0.6) is 0 Å². The summed E-state index contributed by atoms with van der Waals surface area (Å²) in [6, 6.07) is 8.72. The Kier molecular flexibility index (Phi) is 4.79. The zero-order chi connectivity index (χ0) is 15.5. The van der Waals surface area contributed by atoms with Crippen LogP contribution in [0, 0.1) is 12.8 Å². The number of hydrogen-bond donors (Lipinski definition) is 1. The lowest BCUT2D eigenvalue weighted by molar-refractivity contribution is -0.146. The van der Waals surface area contributed by atoms with Gasteiger partial charge in [-0.2, -0.15) is 0 Å². The van der Waals surface area contributed by atoms with Crippen molar-refractivity contribution < 1.29 is 9.53 Å². The third-order valence-corrected chi connectivity index (χ3v) is 4.98. The number of nitrogens with zero attached hydrogens (tertiary/aromatic N) is 1. The van der Waals surface area contributed by atoms with Gasteiger partial charge in [-0.15, -0.1) is 0 Å². The molecule has 0 aromatic heterocycles. The van der Waals surface area contributed by atoms with Gasteiger partial charge in [-0.25, -0.2) is 0 Å². The minimum atomic E-state index is -0.0985. The van der Waals surface area contributed by atoms with Crippen LogP contribution in [0.15, 0.2) is 24.3 Å². The molecule has 3 atom stereocenters. The van der Waals surface area contributed by atoms with E-state index in [9.17, 15) is 4.79 Å². The molecule has 2 heterocycles. The Morgan fingerprint density at radius 3 is 2.73 bits per heavy atom. The number of ether oxygens (including phenoxy) is 1. The molecule has 0 saturated carbocycles. The Morgan fingerprint density at radius 2 is 2.05 bits per heavy atom. The lowest BCUT2D eigenvalue weighted by atomic mass is 9.87.